The number of fused-ring (bicyclic) bond motifs is 3. The molecule has 1 aromatic carbocycles. The summed E-state index contributed by atoms with van der Waals surface area (Å²) < 4.78 is 3.01. The zero-order valence-corrected chi connectivity index (χ0v) is 82.8. The summed E-state index contributed by atoms with van der Waals surface area (Å²) in [6.07, 6.45) is 42.6. The van der Waals surface area contributed by atoms with Crippen LogP contribution in [0.25, 0.3) is 121 Å². The van der Waals surface area contributed by atoms with Gasteiger partial charge in [-0.25, -0.2) is 9.97 Å². The van der Waals surface area contributed by atoms with E-state index < -0.39 is 0 Å². The summed E-state index contributed by atoms with van der Waals surface area (Å²) in [5.41, 5.74) is 23.4. The van der Waals surface area contributed by atoms with E-state index in [0.717, 1.165) is 110 Å². The number of thiophene rings is 10. The Bertz CT molecular complexity index is 4960. The van der Waals surface area contributed by atoms with Crippen LogP contribution in [0.5, 0.6) is 0 Å². The number of halogens is 2. The van der Waals surface area contributed by atoms with Gasteiger partial charge in [0.25, 0.3) is 0 Å². The van der Waals surface area contributed by atoms with E-state index >= 15 is 0 Å². The highest BCUT2D eigenvalue weighted by Crippen LogP contribution is 2.56. The molecule has 0 saturated carbocycles. The van der Waals surface area contributed by atoms with Crippen molar-refractivity contribution < 1.29 is 0 Å². The van der Waals surface area contributed by atoms with Crippen molar-refractivity contribution in [3.8, 4) is 99.2 Å². The molecule has 0 aliphatic rings. The predicted octanol–water partition coefficient (Wildman–Crippen LogP) is 37.4. The van der Waals surface area contributed by atoms with Crippen molar-refractivity contribution in [3.63, 3.8) is 0 Å². The third-order valence-corrected chi connectivity index (χ3v) is 38.8. The number of hydrogen-bond donors (Lipinski definition) is 0. The van der Waals surface area contributed by atoms with Gasteiger partial charge in [-0.05, 0) is 327 Å². The minimum atomic E-state index is 1.02. The summed E-state index contributed by atoms with van der Waals surface area (Å²) in [6.45, 7) is 28.4. The lowest BCUT2D eigenvalue weighted by Crippen LogP contribution is -1.96. The van der Waals surface area contributed by atoms with Gasteiger partial charge in [0.05, 0.1) is 37.9 Å². The van der Waals surface area contributed by atoms with Crippen LogP contribution in [0.1, 0.15) is 304 Å². The molecular weight excluding hydrogens is 1800 g/mol. The third-order valence-electron chi connectivity index (χ3n) is 23.2. The molecule has 13 aromatic rings. The van der Waals surface area contributed by atoms with E-state index in [1.165, 1.54) is 259 Å². The molecule has 0 spiro atoms. The highest BCUT2D eigenvalue weighted by atomic mass is 127. The smallest absolute Gasteiger partial charge is 0.0972 e. The van der Waals surface area contributed by atoms with Gasteiger partial charge in [0.2, 0.25) is 0 Å². The third kappa shape index (κ3) is 19.8. The highest BCUT2D eigenvalue weighted by Gasteiger charge is 2.31. The van der Waals surface area contributed by atoms with E-state index in [0.29, 0.717) is 0 Å². The fraction of sp³-hybridized carbons (Fsp3) is 0.480. The minimum Gasteiger partial charge on any atom is -0.245 e. The van der Waals surface area contributed by atoms with Crippen LogP contribution in [0.2, 0.25) is 0 Å². The fourth-order valence-electron chi connectivity index (χ4n) is 16.7. The summed E-state index contributed by atoms with van der Waals surface area (Å²) in [7, 11) is 0. The average molecular weight is 1930 g/mol. The standard InChI is InChI=1S/C100H122I2N2S10/c1-13-25-37-65-67(39-27-15-3)91(79-55-57-81(105-79)93-69(41-29-17-5)71(43-31-19-7)95(111-93)83-59-61-85(107-83)97-73(45-33-21-9)75(47-35-23-11)99(101)113-97)109-89(65)77-53-51-63-49-50-64-52-54-78(104-88(64)87(63)103-77)90-66(38-26-14-2)68(40-28-16-4)92(110-90)80-56-58-82(106-80)94-70(42-30-18-6)72(44-32-20-8)96(112-94)84-60-62-86(108-84)98-74(46-34-22-10)76(48-36-24-12)100(102)114-98/h49-62H,13-48H2,1-12H3. The van der Waals surface area contributed by atoms with Crippen molar-refractivity contribution in [3.05, 3.63) is 157 Å². The molecule has 0 aliphatic carbocycles. The Kier molecular flexibility index (Phi) is 33.6. The van der Waals surface area contributed by atoms with E-state index in [-0.39, 0.29) is 0 Å². The number of benzene rings is 1. The number of nitrogens with zero attached hydrogens (tertiary/aromatic N) is 2. The van der Waals surface area contributed by atoms with Gasteiger partial charge in [-0.2, -0.15) is 0 Å². The molecule has 0 saturated heterocycles. The summed E-state index contributed by atoms with van der Waals surface area (Å²) in [5.74, 6) is 0. The Labute approximate surface area is 752 Å². The largest absolute Gasteiger partial charge is 0.245 e. The number of aromatic nitrogens is 2. The van der Waals surface area contributed by atoms with E-state index in [1.807, 2.05) is 22.7 Å². The summed E-state index contributed by atoms with van der Waals surface area (Å²) in [6, 6.07) is 34.0. The molecule has 0 N–H and O–H groups in total. The Morgan fingerprint density at radius 1 is 0.193 bits per heavy atom. The van der Waals surface area contributed by atoms with Crippen LogP contribution in [-0.4, -0.2) is 9.97 Å². The lowest BCUT2D eigenvalue weighted by atomic mass is 9.96. The summed E-state index contributed by atoms with van der Waals surface area (Å²) in [4.78, 5) is 38.2. The maximum absolute atomic E-state index is 5.91. The lowest BCUT2D eigenvalue weighted by Gasteiger charge is -2.11. The molecule has 0 unspecified atom stereocenters. The highest BCUT2D eigenvalue weighted by molar-refractivity contribution is 14.1. The fourth-order valence-corrected chi connectivity index (χ4v) is 32.1. The second kappa shape index (κ2) is 43.3. The van der Waals surface area contributed by atoms with Gasteiger partial charge in [-0.15, -0.1) is 113 Å². The van der Waals surface area contributed by atoms with Crippen molar-refractivity contribution in [2.45, 2.75) is 314 Å². The number of rotatable bonds is 46. The lowest BCUT2D eigenvalue weighted by molar-refractivity contribution is 0.761. The van der Waals surface area contributed by atoms with Gasteiger partial charge in [0, 0.05) is 88.8 Å². The zero-order chi connectivity index (χ0) is 79.8. The molecule has 0 bridgehead atoms. The van der Waals surface area contributed by atoms with E-state index in [2.05, 4.69) is 304 Å². The van der Waals surface area contributed by atoms with Gasteiger partial charge in [0.1, 0.15) is 0 Å². The van der Waals surface area contributed by atoms with Gasteiger partial charge in [0.15, 0.2) is 0 Å². The molecule has 0 aliphatic heterocycles. The molecule has 0 atom stereocenters. The van der Waals surface area contributed by atoms with Crippen LogP contribution >= 0.6 is 159 Å². The predicted molar refractivity (Wildman–Crippen MR) is 539 cm³/mol. The zero-order valence-electron chi connectivity index (χ0n) is 70.3. The monoisotopic (exact) mass is 1920 g/mol. The second-order valence-corrected chi connectivity index (χ2v) is 45.8. The van der Waals surface area contributed by atoms with Crippen molar-refractivity contribution >= 4 is 180 Å². The van der Waals surface area contributed by atoms with E-state index in [9.17, 15) is 0 Å². The first-order chi connectivity index (χ1) is 55.9. The number of pyridine rings is 2. The van der Waals surface area contributed by atoms with E-state index in [4.69, 9.17) is 9.97 Å². The first-order valence-corrected chi connectivity index (χ1v) is 54.5. The van der Waals surface area contributed by atoms with Crippen molar-refractivity contribution in [2.24, 2.45) is 0 Å². The molecular formula is C100H122I2N2S10. The van der Waals surface area contributed by atoms with Crippen LogP contribution in [-0.2, 0) is 77.0 Å². The minimum absolute atomic E-state index is 1.02. The van der Waals surface area contributed by atoms with Crippen LogP contribution in [0.4, 0.5) is 0 Å². The van der Waals surface area contributed by atoms with Gasteiger partial charge in [-0.1, -0.05) is 184 Å². The maximum Gasteiger partial charge on any atom is 0.0972 e. The molecule has 114 heavy (non-hydrogen) atoms. The molecule has 13 rings (SSSR count). The van der Waals surface area contributed by atoms with Gasteiger partial charge >= 0.3 is 0 Å². The molecule has 0 amide bonds. The Morgan fingerprint density at radius 3 is 0.570 bits per heavy atom. The van der Waals surface area contributed by atoms with Crippen molar-refractivity contribution in [1.29, 1.82) is 0 Å². The SMILES string of the molecule is CCCCc1c(I)sc(-c2ccc(-c3sc(-c4ccc(-c5sc(-c6ccc7ccc8ccc(-c9sc(-c%10ccc(-c%11sc(-c%12ccc(-c%13sc(I)c(CCCC)c%13CCCC)s%12)c(CCCC)c%11CCCC)s%10)c(CCCC)c9CCCC)nc8c7n6)c(CCCC)c5CCCC)s4)c(CCCC)c3CCCC)s2)c1CCCC. The maximum atomic E-state index is 5.91. The van der Waals surface area contributed by atoms with Crippen LogP contribution in [0.3, 0.4) is 0 Å². The Hall–Kier alpha value is -3.50. The Balaban J connectivity index is 0.880. The quantitative estimate of drug-likeness (QED) is 0.0281. The molecule has 606 valence electrons. The summed E-state index contributed by atoms with van der Waals surface area (Å²) in [5, 5.41) is 2.31. The number of hydrogen-bond acceptors (Lipinski definition) is 12. The Morgan fingerprint density at radius 2 is 0.360 bits per heavy atom. The average Bonchev–Trinajstić information content (AvgIpc) is 1.49. The second-order valence-electron chi connectivity index (χ2n) is 31.7. The molecule has 2 nitrogen and oxygen atoms in total. The first kappa shape index (κ1) is 88.3. The first-order valence-electron chi connectivity index (χ1n) is 44.2. The van der Waals surface area contributed by atoms with Crippen LogP contribution in [0, 0.1) is 5.77 Å². The van der Waals surface area contributed by atoms with Crippen molar-refractivity contribution in [2.75, 3.05) is 0 Å². The molecule has 12 aromatic heterocycles. The van der Waals surface area contributed by atoms with Crippen molar-refractivity contribution in [1.82, 2.24) is 9.97 Å². The van der Waals surface area contributed by atoms with Crippen LogP contribution in [0.15, 0.2) is 84.9 Å². The molecule has 0 radical (unpaired) electrons. The van der Waals surface area contributed by atoms with Crippen LogP contribution < -0.4 is 0 Å². The van der Waals surface area contributed by atoms with E-state index in [1.54, 1.807) is 55.6 Å². The summed E-state index contributed by atoms with van der Waals surface area (Å²) >= 11 is 26.0. The molecule has 12 heterocycles. The molecule has 0 fully saturated rings. The normalized spacial score (nSPS) is 12.0. The van der Waals surface area contributed by atoms with Gasteiger partial charge in [-0.3, -0.25) is 0 Å². The van der Waals surface area contributed by atoms with Gasteiger partial charge < -0.3 is 0 Å². The topological polar surface area (TPSA) is 25.8 Å². The number of unbranched alkanes of at least 4 members (excludes halogenated alkanes) is 12. The molecule has 14 heteroatoms.